The summed E-state index contributed by atoms with van der Waals surface area (Å²) in [6.45, 7) is 0.581. The van der Waals surface area contributed by atoms with Gasteiger partial charge in [0.25, 0.3) is 11.6 Å². The minimum atomic E-state index is -0.644. The Hall–Kier alpha value is -4.40. The number of benzene rings is 2. The molecule has 1 aliphatic rings. The maximum absolute atomic E-state index is 12.5. The first-order valence-corrected chi connectivity index (χ1v) is 10.1. The summed E-state index contributed by atoms with van der Waals surface area (Å²) in [6.07, 6.45) is 2.98. The summed E-state index contributed by atoms with van der Waals surface area (Å²) in [5.74, 6) is -0.953. The second-order valence-electron chi connectivity index (χ2n) is 6.95. The van der Waals surface area contributed by atoms with Crippen molar-refractivity contribution >= 4 is 11.9 Å². The first-order valence-electron chi connectivity index (χ1n) is 10.1. The monoisotopic (exact) mass is 447 g/mol. The minimum Gasteiger partial charge on any atom is -0.481 e. The molecule has 9 nitrogen and oxygen atoms in total. The molecule has 1 aliphatic heterocycles. The highest BCUT2D eigenvalue weighted by molar-refractivity contribution is 5.91. The van der Waals surface area contributed by atoms with Crippen LogP contribution >= 0.6 is 0 Å². The van der Waals surface area contributed by atoms with E-state index in [0.29, 0.717) is 0 Å². The van der Waals surface area contributed by atoms with Crippen LogP contribution in [0.5, 0.6) is 0 Å². The highest BCUT2D eigenvalue weighted by Crippen LogP contribution is 2.30. The number of esters is 2. The topological polar surface area (TPSA) is 102 Å². The van der Waals surface area contributed by atoms with Gasteiger partial charge in [-0.15, -0.1) is 5.10 Å². The van der Waals surface area contributed by atoms with Crippen LogP contribution in [0.3, 0.4) is 0 Å². The molecular weight excluding hydrogens is 426 g/mol. The summed E-state index contributed by atoms with van der Waals surface area (Å²) in [4.78, 5) is 28.0. The summed E-state index contributed by atoms with van der Waals surface area (Å²) in [7, 11) is 1.25. The zero-order valence-electron chi connectivity index (χ0n) is 17.8. The van der Waals surface area contributed by atoms with E-state index in [0.717, 1.165) is 11.1 Å². The molecule has 0 bridgehead atoms. The van der Waals surface area contributed by atoms with Crippen molar-refractivity contribution in [2.75, 3.05) is 7.11 Å². The third-order valence-electron chi connectivity index (χ3n) is 4.64. The summed E-state index contributed by atoms with van der Waals surface area (Å²) in [5, 5.41) is 4.03. The highest BCUT2D eigenvalue weighted by atomic mass is 16.6. The summed E-state index contributed by atoms with van der Waals surface area (Å²) in [6, 6.07) is 19.0. The Labute approximate surface area is 189 Å². The number of ether oxygens (including phenoxy) is 4. The van der Waals surface area contributed by atoms with E-state index < -0.39 is 11.9 Å². The second kappa shape index (κ2) is 10.3. The van der Waals surface area contributed by atoms with E-state index in [2.05, 4.69) is 14.8 Å². The van der Waals surface area contributed by atoms with Crippen LogP contribution in [0.1, 0.15) is 21.7 Å². The Morgan fingerprint density at radius 2 is 1.58 bits per heavy atom. The summed E-state index contributed by atoms with van der Waals surface area (Å²) >= 11 is 0. The van der Waals surface area contributed by atoms with Crippen molar-refractivity contribution in [2.24, 2.45) is 0 Å². The van der Waals surface area contributed by atoms with E-state index in [1.54, 1.807) is 6.08 Å². The number of cyclic esters (lactones) is 1. The number of nitrogens with zero attached hydrogens (tertiary/aromatic N) is 3. The third kappa shape index (κ3) is 5.45. The van der Waals surface area contributed by atoms with Crippen LogP contribution in [0.15, 0.2) is 90.3 Å². The van der Waals surface area contributed by atoms with Crippen molar-refractivity contribution in [3.63, 3.8) is 0 Å². The molecule has 3 aromatic rings. The lowest BCUT2D eigenvalue weighted by Gasteiger charge is -2.10. The molecule has 0 saturated carbocycles. The number of aromatic nitrogens is 3. The van der Waals surface area contributed by atoms with Gasteiger partial charge in [-0.2, -0.15) is 0 Å². The van der Waals surface area contributed by atoms with Gasteiger partial charge in [0.2, 0.25) is 5.76 Å². The van der Waals surface area contributed by atoms with Crippen LogP contribution in [0.4, 0.5) is 0 Å². The fourth-order valence-corrected chi connectivity index (χ4v) is 3.00. The van der Waals surface area contributed by atoms with E-state index in [1.165, 1.54) is 18.1 Å². The quantitative estimate of drug-likeness (QED) is 0.461. The Kier molecular flexibility index (Phi) is 6.79. The molecule has 0 unspecified atom stereocenters. The van der Waals surface area contributed by atoms with Gasteiger partial charge in [0.05, 0.1) is 13.7 Å². The predicted molar refractivity (Wildman–Crippen MR) is 115 cm³/mol. The highest BCUT2D eigenvalue weighted by Gasteiger charge is 2.34. The number of hydrogen-bond donors (Lipinski definition) is 0. The Bertz CT molecular complexity index is 1190. The summed E-state index contributed by atoms with van der Waals surface area (Å²) in [5.41, 5.74) is 1.82. The maximum Gasteiger partial charge on any atom is 0.383 e. The zero-order valence-corrected chi connectivity index (χ0v) is 17.8. The normalized spacial score (nSPS) is 14.3. The smallest absolute Gasteiger partial charge is 0.383 e. The molecule has 0 radical (unpaired) electrons. The van der Waals surface area contributed by atoms with Gasteiger partial charge in [-0.1, -0.05) is 60.7 Å². The van der Waals surface area contributed by atoms with Crippen LogP contribution in [0.2, 0.25) is 0 Å². The van der Waals surface area contributed by atoms with E-state index in [1.807, 2.05) is 60.7 Å². The minimum absolute atomic E-state index is 0.00475. The molecule has 9 heteroatoms. The standard InChI is InChI=1S/C24H21N3O6/c1-30-24(29)22-25-16-27(26-22)13-12-19-20(31-14-17-8-4-2-5-9-17)21(23(28)33-19)32-15-18-10-6-3-7-11-18/h2-12,16H,13-15H2,1H3/b19-12+. The van der Waals surface area contributed by atoms with Gasteiger partial charge in [0.15, 0.2) is 5.76 Å². The van der Waals surface area contributed by atoms with Crippen LogP contribution in [0, 0.1) is 0 Å². The fourth-order valence-electron chi connectivity index (χ4n) is 3.00. The van der Waals surface area contributed by atoms with E-state index >= 15 is 0 Å². The number of rotatable bonds is 9. The lowest BCUT2D eigenvalue weighted by Crippen LogP contribution is -2.06. The Balaban J connectivity index is 1.55. The average molecular weight is 447 g/mol. The molecule has 1 aromatic heterocycles. The van der Waals surface area contributed by atoms with Gasteiger partial charge in [0, 0.05) is 0 Å². The molecule has 0 amide bonds. The fraction of sp³-hybridized carbons (Fsp3) is 0.167. The molecule has 4 rings (SSSR count). The first-order chi connectivity index (χ1) is 16.1. The lowest BCUT2D eigenvalue weighted by molar-refractivity contribution is -0.136. The number of carbonyl (C=O) groups is 2. The molecule has 0 saturated heterocycles. The third-order valence-corrected chi connectivity index (χ3v) is 4.64. The molecular formula is C24H21N3O6. The largest absolute Gasteiger partial charge is 0.481 e. The molecule has 168 valence electrons. The van der Waals surface area contributed by atoms with Gasteiger partial charge in [-0.05, 0) is 17.2 Å². The Morgan fingerprint density at radius 3 is 2.18 bits per heavy atom. The van der Waals surface area contributed by atoms with Crippen LogP contribution in [0.25, 0.3) is 0 Å². The molecule has 0 fully saturated rings. The van der Waals surface area contributed by atoms with Gasteiger partial charge in [0.1, 0.15) is 19.5 Å². The van der Waals surface area contributed by atoms with Crippen molar-refractivity contribution in [1.82, 2.24) is 14.8 Å². The van der Waals surface area contributed by atoms with Crippen molar-refractivity contribution in [1.29, 1.82) is 0 Å². The van der Waals surface area contributed by atoms with Crippen molar-refractivity contribution in [3.05, 3.63) is 107 Å². The van der Waals surface area contributed by atoms with Crippen molar-refractivity contribution in [3.8, 4) is 0 Å². The molecule has 0 aliphatic carbocycles. The van der Waals surface area contributed by atoms with Crippen LogP contribution < -0.4 is 0 Å². The molecule has 0 spiro atoms. The first kappa shape index (κ1) is 21.8. The molecule has 2 aromatic carbocycles. The SMILES string of the molecule is COC(=O)c1ncn(C/C=C2/OC(=O)C(OCc3ccccc3)=C2OCc2ccccc2)n1. The Morgan fingerprint density at radius 1 is 0.970 bits per heavy atom. The maximum atomic E-state index is 12.5. The predicted octanol–water partition coefficient (Wildman–Crippen LogP) is 3.15. The molecule has 2 heterocycles. The van der Waals surface area contributed by atoms with Crippen LogP contribution in [-0.4, -0.2) is 33.8 Å². The number of allylic oxidation sites excluding steroid dienone is 1. The van der Waals surface area contributed by atoms with Crippen LogP contribution in [-0.2, 0) is 43.5 Å². The zero-order chi connectivity index (χ0) is 23.0. The number of methoxy groups -OCH3 is 1. The lowest BCUT2D eigenvalue weighted by atomic mass is 10.2. The molecule has 0 atom stereocenters. The van der Waals surface area contributed by atoms with Gasteiger partial charge >= 0.3 is 11.9 Å². The van der Waals surface area contributed by atoms with Gasteiger partial charge < -0.3 is 18.9 Å². The van der Waals surface area contributed by atoms with E-state index in [-0.39, 0.29) is 42.9 Å². The van der Waals surface area contributed by atoms with E-state index in [4.69, 9.17) is 14.2 Å². The van der Waals surface area contributed by atoms with Gasteiger partial charge in [-0.25, -0.2) is 19.3 Å². The summed E-state index contributed by atoms with van der Waals surface area (Å²) < 4.78 is 23.1. The van der Waals surface area contributed by atoms with Crippen molar-refractivity contribution < 1.29 is 28.5 Å². The number of carbonyl (C=O) groups excluding carboxylic acids is 2. The van der Waals surface area contributed by atoms with Crippen molar-refractivity contribution in [2.45, 2.75) is 19.8 Å². The molecule has 33 heavy (non-hydrogen) atoms. The van der Waals surface area contributed by atoms with E-state index in [9.17, 15) is 9.59 Å². The van der Waals surface area contributed by atoms with Gasteiger partial charge in [-0.3, -0.25) is 0 Å². The average Bonchev–Trinajstić information content (AvgIpc) is 3.45. The second-order valence-corrected chi connectivity index (χ2v) is 6.95. The molecule has 0 N–H and O–H groups in total. The number of hydrogen-bond acceptors (Lipinski definition) is 8.